The smallest absolute Gasteiger partial charge is 0.254 e. The minimum atomic E-state index is -0.0959. The number of aromatic nitrogens is 1. The first kappa shape index (κ1) is 24.7. The summed E-state index contributed by atoms with van der Waals surface area (Å²) >= 11 is 0. The molecule has 2 aliphatic heterocycles. The molecule has 4 rings (SSSR count). The molecule has 2 aliphatic rings. The highest BCUT2D eigenvalue weighted by Gasteiger charge is 2.42. The summed E-state index contributed by atoms with van der Waals surface area (Å²) in [7, 11) is 0. The van der Waals surface area contributed by atoms with Crippen LogP contribution in [0.5, 0.6) is 5.75 Å². The quantitative estimate of drug-likeness (QED) is 0.583. The van der Waals surface area contributed by atoms with Crippen LogP contribution in [-0.2, 0) is 11.3 Å². The number of hydrogen-bond acceptors (Lipinski definition) is 6. The number of rotatable bonds is 7. The van der Waals surface area contributed by atoms with Gasteiger partial charge in [-0.05, 0) is 78.5 Å². The molecular formula is C27H39N3O4. The van der Waals surface area contributed by atoms with Gasteiger partial charge in [-0.25, -0.2) is 0 Å². The molecule has 1 aromatic heterocycles. The van der Waals surface area contributed by atoms with Gasteiger partial charge in [-0.3, -0.25) is 4.79 Å². The van der Waals surface area contributed by atoms with Crippen molar-refractivity contribution in [3.63, 3.8) is 0 Å². The number of benzene rings is 1. The molecule has 7 nitrogen and oxygen atoms in total. The zero-order chi connectivity index (χ0) is 24.3. The van der Waals surface area contributed by atoms with Crippen LogP contribution in [-0.4, -0.2) is 64.8 Å². The molecule has 186 valence electrons. The molecule has 7 heteroatoms. The number of likely N-dealkylation sites (tertiary alicyclic amines) is 1. The number of hydrogen-bond donors (Lipinski definition) is 0. The Bertz CT molecular complexity index is 959. The molecule has 2 fully saturated rings. The number of carbonyl (C=O) groups is 1. The van der Waals surface area contributed by atoms with Gasteiger partial charge in [-0.15, -0.1) is 0 Å². The highest BCUT2D eigenvalue weighted by molar-refractivity contribution is 5.94. The van der Waals surface area contributed by atoms with Crippen molar-refractivity contribution in [1.82, 2.24) is 15.0 Å². The fraction of sp³-hybridized carbons (Fsp3) is 0.630. The van der Waals surface area contributed by atoms with Crippen molar-refractivity contribution in [2.45, 2.75) is 84.6 Å². The Kier molecular flexibility index (Phi) is 7.63. The van der Waals surface area contributed by atoms with Crippen LogP contribution in [0.15, 0.2) is 28.8 Å². The van der Waals surface area contributed by atoms with Crippen molar-refractivity contribution in [1.29, 1.82) is 0 Å². The summed E-state index contributed by atoms with van der Waals surface area (Å²) in [6.07, 6.45) is 3.88. The lowest BCUT2D eigenvalue weighted by molar-refractivity contribution is -0.131. The molecule has 1 atom stereocenters. The first-order chi connectivity index (χ1) is 16.3. The summed E-state index contributed by atoms with van der Waals surface area (Å²) in [5, 5.41) is 3.98. The summed E-state index contributed by atoms with van der Waals surface area (Å²) in [4.78, 5) is 18.1. The van der Waals surface area contributed by atoms with Crippen LogP contribution in [0.4, 0.5) is 0 Å². The molecule has 3 heterocycles. The van der Waals surface area contributed by atoms with Gasteiger partial charge < -0.3 is 23.8 Å². The Morgan fingerprint density at radius 2 is 2.06 bits per heavy atom. The molecule has 0 saturated carbocycles. The van der Waals surface area contributed by atoms with E-state index in [0.29, 0.717) is 30.5 Å². The van der Waals surface area contributed by atoms with Crippen LogP contribution in [0.3, 0.4) is 0 Å². The molecule has 34 heavy (non-hydrogen) atoms. The van der Waals surface area contributed by atoms with Gasteiger partial charge in [0.1, 0.15) is 18.1 Å². The van der Waals surface area contributed by atoms with Crippen molar-refractivity contribution in [2.24, 2.45) is 0 Å². The number of aryl methyl sites for hydroxylation is 2. The zero-order valence-electron chi connectivity index (χ0n) is 21.3. The molecule has 2 saturated heterocycles. The highest BCUT2D eigenvalue weighted by atomic mass is 16.5. The van der Waals surface area contributed by atoms with E-state index < -0.39 is 0 Å². The Labute approximate surface area is 203 Å². The fourth-order valence-electron chi connectivity index (χ4n) is 5.38. The second-order valence-corrected chi connectivity index (χ2v) is 10.0. The van der Waals surface area contributed by atoms with Crippen LogP contribution >= 0.6 is 0 Å². The summed E-state index contributed by atoms with van der Waals surface area (Å²) in [6, 6.07) is 8.26. The van der Waals surface area contributed by atoms with Crippen LogP contribution < -0.4 is 4.74 Å². The van der Waals surface area contributed by atoms with E-state index >= 15 is 0 Å². The molecule has 0 radical (unpaired) electrons. The van der Waals surface area contributed by atoms with E-state index in [9.17, 15) is 4.79 Å². The molecule has 0 bridgehead atoms. The summed E-state index contributed by atoms with van der Waals surface area (Å²) in [5.74, 6) is 1.49. The van der Waals surface area contributed by atoms with Crippen molar-refractivity contribution in [3.05, 3.63) is 46.8 Å². The van der Waals surface area contributed by atoms with Gasteiger partial charge in [0, 0.05) is 43.9 Å². The van der Waals surface area contributed by atoms with E-state index in [0.717, 1.165) is 62.4 Å². The average molecular weight is 470 g/mol. The van der Waals surface area contributed by atoms with Crippen LogP contribution in [0, 0.1) is 13.8 Å². The minimum Gasteiger partial charge on any atom is -0.489 e. The second kappa shape index (κ2) is 10.5. The third kappa shape index (κ3) is 5.31. The number of carbonyl (C=O) groups excluding carboxylic acids is 1. The lowest BCUT2D eigenvalue weighted by Crippen LogP contribution is -2.55. The predicted molar refractivity (Wildman–Crippen MR) is 131 cm³/mol. The maximum atomic E-state index is 13.6. The Morgan fingerprint density at radius 3 is 2.71 bits per heavy atom. The topological polar surface area (TPSA) is 68.0 Å². The van der Waals surface area contributed by atoms with E-state index in [2.05, 4.69) is 30.8 Å². The molecule has 0 unspecified atom stereocenters. The maximum absolute atomic E-state index is 13.6. The second-order valence-electron chi connectivity index (χ2n) is 10.0. The standard InChI is InChI=1S/C27H39N3O4/c1-6-30(23-10-15-33-27(17-23)11-13-29(14-12-27)19(2)3)26(31)22-8-7-9-24(16-22)32-18-25-20(4)28-34-21(25)5/h7-9,16,19,23H,6,10-15,17-18H2,1-5H3/t23-/m1/s1. The lowest BCUT2D eigenvalue weighted by atomic mass is 9.81. The van der Waals surface area contributed by atoms with Crippen molar-refractivity contribution in [3.8, 4) is 5.75 Å². The number of nitrogens with zero attached hydrogens (tertiary/aromatic N) is 3. The van der Waals surface area contributed by atoms with Gasteiger partial charge in [-0.1, -0.05) is 11.2 Å². The molecular weight excluding hydrogens is 430 g/mol. The average Bonchev–Trinajstić information content (AvgIpc) is 3.15. The summed E-state index contributed by atoms with van der Waals surface area (Å²) in [6.45, 7) is 14.3. The molecule has 2 aromatic rings. The van der Waals surface area contributed by atoms with Gasteiger partial charge >= 0.3 is 0 Å². The summed E-state index contributed by atoms with van der Waals surface area (Å²) in [5.41, 5.74) is 2.34. The lowest BCUT2D eigenvalue weighted by Gasteiger charge is -2.49. The van der Waals surface area contributed by atoms with E-state index in [1.54, 1.807) is 0 Å². The normalized spacial score (nSPS) is 20.6. The Morgan fingerprint density at radius 1 is 1.29 bits per heavy atom. The van der Waals surface area contributed by atoms with E-state index in [1.165, 1.54) is 0 Å². The first-order valence-corrected chi connectivity index (χ1v) is 12.7. The SMILES string of the molecule is CCN(C(=O)c1cccc(OCc2c(C)noc2C)c1)[C@@H]1CCOC2(CCN(C(C)C)CC2)C1. The number of amides is 1. The van der Waals surface area contributed by atoms with Crippen LogP contribution in [0.25, 0.3) is 0 Å². The Hall–Kier alpha value is -2.38. The van der Waals surface area contributed by atoms with Gasteiger partial charge in [0.15, 0.2) is 0 Å². The van der Waals surface area contributed by atoms with Crippen molar-refractivity contribution < 1.29 is 18.8 Å². The zero-order valence-corrected chi connectivity index (χ0v) is 21.3. The van der Waals surface area contributed by atoms with Crippen molar-refractivity contribution in [2.75, 3.05) is 26.2 Å². The van der Waals surface area contributed by atoms with Gasteiger partial charge in [-0.2, -0.15) is 0 Å². The third-order valence-corrected chi connectivity index (χ3v) is 7.59. The molecule has 0 N–H and O–H groups in total. The third-order valence-electron chi connectivity index (χ3n) is 7.59. The molecule has 1 aromatic carbocycles. The van der Waals surface area contributed by atoms with Crippen molar-refractivity contribution >= 4 is 5.91 Å². The molecule has 1 amide bonds. The molecule has 0 aliphatic carbocycles. The van der Waals surface area contributed by atoms with E-state index in [4.69, 9.17) is 14.0 Å². The minimum absolute atomic E-state index is 0.0620. The van der Waals surface area contributed by atoms with Gasteiger partial charge in [0.05, 0.1) is 16.9 Å². The number of ether oxygens (including phenoxy) is 2. The first-order valence-electron chi connectivity index (χ1n) is 12.7. The predicted octanol–water partition coefficient (Wildman–Crippen LogP) is 4.75. The highest BCUT2D eigenvalue weighted by Crippen LogP contribution is 2.37. The summed E-state index contributed by atoms with van der Waals surface area (Å²) < 4.78 is 17.6. The maximum Gasteiger partial charge on any atom is 0.254 e. The fourth-order valence-corrected chi connectivity index (χ4v) is 5.38. The number of piperidine rings is 1. The monoisotopic (exact) mass is 469 g/mol. The van der Waals surface area contributed by atoms with Gasteiger partial charge in [0.2, 0.25) is 0 Å². The Balaban J connectivity index is 1.42. The van der Waals surface area contributed by atoms with Gasteiger partial charge in [0.25, 0.3) is 5.91 Å². The van der Waals surface area contributed by atoms with Crippen LogP contribution in [0.2, 0.25) is 0 Å². The van der Waals surface area contributed by atoms with Crippen LogP contribution in [0.1, 0.15) is 73.8 Å². The van der Waals surface area contributed by atoms with E-state index in [-0.39, 0.29) is 17.6 Å². The molecule has 1 spiro atoms. The largest absolute Gasteiger partial charge is 0.489 e. The van der Waals surface area contributed by atoms with E-state index in [1.807, 2.05) is 43.0 Å².